The predicted molar refractivity (Wildman–Crippen MR) is 124 cm³/mol. The van der Waals surface area contributed by atoms with Gasteiger partial charge in [0.15, 0.2) is 9.84 Å². The minimum absolute atomic E-state index is 0.00878. The van der Waals surface area contributed by atoms with Crippen LogP contribution in [0.2, 0.25) is 0 Å². The van der Waals surface area contributed by atoms with Gasteiger partial charge < -0.3 is 29.1 Å². The van der Waals surface area contributed by atoms with Crippen molar-refractivity contribution in [3.63, 3.8) is 0 Å². The van der Waals surface area contributed by atoms with Crippen molar-refractivity contribution in [2.24, 2.45) is 0 Å². The average molecular weight is 549 g/mol. The van der Waals surface area contributed by atoms with E-state index in [-0.39, 0.29) is 38.3 Å². The smallest absolute Gasteiger partial charge is 0.307 e. The summed E-state index contributed by atoms with van der Waals surface area (Å²) in [6.45, 7) is -0.665. The van der Waals surface area contributed by atoms with E-state index < -0.39 is 51.7 Å². The lowest BCUT2D eigenvalue weighted by Gasteiger charge is -2.23. The molecule has 1 rings (SSSR count). The van der Waals surface area contributed by atoms with Gasteiger partial charge in [0.2, 0.25) is 10.9 Å². The molecular formula is C19H28N5O10PS. The van der Waals surface area contributed by atoms with Gasteiger partial charge in [0.1, 0.15) is 19.7 Å². The van der Waals surface area contributed by atoms with E-state index in [0.29, 0.717) is 6.54 Å². The molecule has 36 heavy (non-hydrogen) atoms. The number of hydrogen-bond donors (Lipinski definition) is 2. The Kier molecular flexibility index (Phi) is 12.1. The Balaban J connectivity index is 2.69. The number of carbonyl (C=O) groups is 2. The lowest BCUT2D eigenvalue weighted by atomic mass is 10.2. The SMILES string of the molecule is C#CCN(CC(=O)NCCCOP(=O)([O-])OCC[NH+](C)C)C(=O)c1cnc(S(C)(=O)=O)c([N+](=O)[O-])c1. The number of pyridine rings is 1. The predicted octanol–water partition coefficient (Wildman–Crippen LogP) is -2.38. The van der Waals surface area contributed by atoms with Gasteiger partial charge in [-0.05, 0) is 6.42 Å². The van der Waals surface area contributed by atoms with Gasteiger partial charge in [-0.2, -0.15) is 0 Å². The van der Waals surface area contributed by atoms with E-state index in [0.717, 1.165) is 28.3 Å². The minimum atomic E-state index is -4.46. The molecule has 0 aliphatic carbocycles. The maximum Gasteiger partial charge on any atom is 0.307 e. The van der Waals surface area contributed by atoms with Gasteiger partial charge in [0.05, 0.1) is 37.7 Å². The number of sulfone groups is 1. The Morgan fingerprint density at radius 3 is 2.53 bits per heavy atom. The summed E-state index contributed by atoms with van der Waals surface area (Å²) < 4.78 is 44.4. The van der Waals surface area contributed by atoms with Gasteiger partial charge >= 0.3 is 5.69 Å². The van der Waals surface area contributed by atoms with Crippen LogP contribution in [0.1, 0.15) is 16.8 Å². The van der Waals surface area contributed by atoms with Crippen LogP contribution in [-0.4, -0.2) is 94.8 Å². The molecule has 0 fully saturated rings. The first-order valence-electron chi connectivity index (χ1n) is 10.4. The number of phosphoric acid groups is 1. The molecule has 0 aliphatic heterocycles. The number of amides is 2. The maximum absolute atomic E-state index is 12.8. The summed E-state index contributed by atoms with van der Waals surface area (Å²) in [5, 5.41) is 12.9. The fourth-order valence-corrected chi connectivity index (χ4v) is 4.07. The van der Waals surface area contributed by atoms with E-state index in [2.05, 4.69) is 16.2 Å². The molecule has 2 N–H and O–H groups in total. The third kappa shape index (κ3) is 10.8. The molecule has 0 saturated heterocycles. The zero-order chi connectivity index (χ0) is 27.5. The van der Waals surface area contributed by atoms with Gasteiger partial charge in [0.25, 0.3) is 13.7 Å². The second kappa shape index (κ2) is 14.0. The minimum Gasteiger partial charge on any atom is -0.756 e. The lowest BCUT2D eigenvalue weighted by molar-refractivity contribution is -0.858. The monoisotopic (exact) mass is 549 g/mol. The molecule has 0 spiro atoms. The Bertz CT molecular complexity index is 1150. The first-order valence-corrected chi connectivity index (χ1v) is 13.8. The van der Waals surface area contributed by atoms with Gasteiger partial charge in [0, 0.05) is 25.1 Å². The maximum atomic E-state index is 12.8. The second-order valence-corrected chi connectivity index (χ2v) is 11.1. The number of hydrogen-bond acceptors (Lipinski definition) is 11. The highest BCUT2D eigenvalue weighted by atomic mass is 32.2. The molecular weight excluding hydrogens is 521 g/mol. The zero-order valence-corrected chi connectivity index (χ0v) is 21.7. The summed E-state index contributed by atoms with van der Waals surface area (Å²) in [6.07, 6.45) is 6.94. The first kappa shape index (κ1) is 31.1. The van der Waals surface area contributed by atoms with Gasteiger partial charge in [-0.3, -0.25) is 24.3 Å². The summed E-state index contributed by atoms with van der Waals surface area (Å²) in [4.78, 5) is 52.3. The van der Waals surface area contributed by atoms with Crippen molar-refractivity contribution in [3.05, 3.63) is 27.9 Å². The van der Waals surface area contributed by atoms with E-state index in [1.165, 1.54) is 0 Å². The van der Waals surface area contributed by atoms with Gasteiger partial charge in [-0.25, -0.2) is 13.4 Å². The highest BCUT2D eigenvalue weighted by molar-refractivity contribution is 7.90. The Morgan fingerprint density at radius 2 is 1.97 bits per heavy atom. The van der Waals surface area contributed by atoms with Crippen molar-refractivity contribution in [3.8, 4) is 12.3 Å². The number of phosphoric ester groups is 1. The van der Waals surface area contributed by atoms with Crippen molar-refractivity contribution in [2.45, 2.75) is 11.4 Å². The number of nitrogens with zero attached hydrogens (tertiary/aromatic N) is 3. The van der Waals surface area contributed by atoms with Crippen LogP contribution < -0.4 is 15.1 Å². The lowest BCUT2D eigenvalue weighted by Crippen LogP contribution is -3.06. The van der Waals surface area contributed by atoms with Crippen molar-refractivity contribution < 1.29 is 46.3 Å². The molecule has 17 heteroatoms. The van der Waals surface area contributed by atoms with Crippen molar-refractivity contribution >= 4 is 35.2 Å². The normalized spacial score (nSPS) is 13.0. The molecule has 2 amide bonds. The molecule has 0 aliphatic rings. The number of likely N-dealkylation sites (N-methyl/N-ethyl adjacent to an activating group) is 1. The number of rotatable bonds is 15. The van der Waals surface area contributed by atoms with Crippen LogP contribution in [0.15, 0.2) is 17.3 Å². The zero-order valence-electron chi connectivity index (χ0n) is 20.0. The topological polar surface area (TPSA) is 203 Å². The van der Waals surface area contributed by atoms with Crippen LogP contribution in [0.3, 0.4) is 0 Å². The Morgan fingerprint density at radius 1 is 1.33 bits per heavy atom. The van der Waals surface area contributed by atoms with E-state index in [4.69, 9.17) is 15.5 Å². The molecule has 0 aromatic carbocycles. The van der Waals surface area contributed by atoms with Crippen LogP contribution in [-0.2, 0) is 28.2 Å². The van der Waals surface area contributed by atoms with Crippen LogP contribution in [0.25, 0.3) is 0 Å². The summed E-state index contributed by atoms with van der Waals surface area (Å²) in [5.41, 5.74) is -1.23. The molecule has 0 bridgehead atoms. The van der Waals surface area contributed by atoms with Crippen molar-refractivity contribution in [2.75, 3.05) is 59.7 Å². The van der Waals surface area contributed by atoms with Crippen molar-refractivity contribution in [1.82, 2.24) is 15.2 Å². The highest BCUT2D eigenvalue weighted by Crippen LogP contribution is 2.37. The molecule has 15 nitrogen and oxygen atoms in total. The number of nitro groups is 1. The van der Waals surface area contributed by atoms with E-state index in [9.17, 15) is 37.6 Å². The van der Waals surface area contributed by atoms with Gasteiger partial charge in [-0.15, -0.1) is 6.42 Å². The molecule has 1 atom stereocenters. The number of nitrogens with one attached hydrogen (secondary N) is 2. The summed E-state index contributed by atoms with van der Waals surface area (Å²) in [6, 6.07) is 0.744. The van der Waals surface area contributed by atoms with E-state index >= 15 is 0 Å². The fraction of sp³-hybridized carbons (Fsp3) is 0.526. The molecule has 0 radical (unpaired) electrons. The third-order valence-electron chi connectivity index (χ3n) is 4.28. The Labute approximate surface area is 208 Å². The molecule has 1 heterocycles. The Hall–Kier alpha value is -2.93. The third-order valence-corrected chi connectivity index (χ3v) is 6.29. The first-order chi connectivity index (χ1) is 16.7. The number of carbonyl (C=O) groups excluding carboxylic acids is 2. The van der Waals surface area contributed by atoms with Crippen LogP contribution >= 0.6 is 7.82 Å². The molecule has 1 unspecified atom stereocenters. The number of aromatic nitrogens is 1. The van der Waals surface area contributed by atoms with E-state index in [1.807, 2.05) is 14.1 Å². The highest BCUT2D eigenvalue weighted by Gasteiger charge is 2.27. The molecule has 1 aromatic heterocycles. The summed E-state index contributed by atoms with van der Waals surface area (Å²) in [5.74, 6) is 0.655. The number of quaternary nitrogens is 1. The van der Waals surface area contributed by atoms with Crippen LogP contribution in [0, 0.1) is 22.5 Å². The van der Waals surface area contributed by atoms with Crippen molar-refractivity contribution in [1.29, 1.82) is 0 Å². The summed E-state index contributed by atoms with van der Waals surface area (Å²) >= 11 is 0. The average Bonchev–Trinajstić information content (AvgIpc) is 2.76. The van der Waals surface area contributed by atoms with Crippen LogP contribution in [0.4, 0.5) is 5.69 Å². The second-order valence-electron chi connectivity index (χ2n) is 7.72. The fourth-order valence-electron chi connectivity index (χ4n) is 2.57. The van der Waals surface area contributed by atoms with E-state index in [1.54, 1.807) is 0 Å². The molecule has 0 saturated carbocycles. The molecule has 1 aromatic rings. The van der Waals surface area contributed by atoms with Gasteiger partial charge in [-0.1, -0.05) is 5.92 Å². The quantitative estimate of drug-likeness (QED) is 0.0777. The summed E-state index contributed by atoms with van der Waals surface area (Å²) in [7, 11) is -4.83. The largest absolute Gasteiger partial charge is 0.756 e. The number of terminal acetylenes is 1. The molecule has 200 valence electrons. The van der Waals surface area contributed by atoms with Crippen LogP contribution in [0.5, 0.6) is 0 Å². The standard InChI is InChI=1S/C19H28N5O10PS/c1-5-8-23(19(26)15-12-16(24(27)28)18(21-13-15)36(4,31)32)14-17(25)20-7-6-10-33-35(29,30)34-11-9-22(2)3/h1,12-13H,6-11,14H2,2-4H3,(H,20,25)(H,29,30).